The Morgan fingerprint density at radius 3 is 2.33 bits per heavy atom. The molecule has 7 heteroatoms. The fraction of sp³-hybridized carbons (Fsp3) is 0.0714. The summed E-state index contributed by atoms with van der Waals surface area (Å²) in [6.07, 6.45) is 0. The number of halogens is 4. The first-order valence-corrected chi connectivity index (χ1v) is 8.16. The van der Waals surface area contributed by atoms with Crippen molar-refractivity contribution < 1.29 is 14.3 Å². The Balaban J connectivity index is 2.24. The molecule has 2 N–H and O–H groups in total. The summed E-state index contributed by atoms with van der Waals surface area (Å²) in [6.45, 7) is 0.172. The highest BCUT2D eigenvalue weighted by Crippen LogP contribution is 2.34. The fourth-order valence-electron chi connectivity index (χ4n) is 1.74. The lowest BCUT2D eigenvalue weighted by Crippen LogP contribution is -2.05. The average Bonchev–Trinajstić information content (AvgIpc) is 2.39. The zero-order valence-electron chi connectivity index (χ0n) is 10.5. The predicted octanol–water partition coefficient (Wildman–Crippen LogP) is 5.42. The Hall–Kier alpha value is -0.920. The molecule has 0 atom stereocenters. The van der Waals surface area contributed by atoms with Crippen molar-refractivity contribution in [2.75, 3.05) is 5.32 Å². The number of benzene rings is 2. The van der Waals surface area contributed by atoms with Crippen LogP contribution in [0.4, 0.5) is 10.1 Å². The van der Waals surface area contributed by atoms with E-state index in [1.54, 1.807) is 0 Å². The SMILES string of the molecule is O=C(O)c1ccc(F)c(CNc2c(Br)cc(Br)cc2Br)c1. The lowest BCUT2D eigenvalue weighted by molar-refractivity contribution is 0.0696. The van der Waals surface area contributed by atoms with Crippen LogP contribution in [0, 0.1) is 5.82 Å². The Morgan fingerprint density at radius 2 is 1.76 bits per heavy atom. The minimum atomic E-state index is -1.08. The van der Waals surface area contributed by atoms with E-state index in [2.05, 4.69) is 53.1 Å². The van der Waals surface area contributed by atoms with Gasteiger partial charge in [0.2, 0.25) is 0 Å². The molecule has 0 fully saturated rings. The molecule has 0 amide bonds. The zero-order valence-corrected chi connectivity index (χ0v) is 15.2. The van der Waals surface area contributed by atoms with Gasteiger partial charge in [-0.25, -0.2) is 9.18 Å². The van der Waals surface area contributed by atoms with Crippen molar-refractivity contribution in [1.29, 1.82) is 0 Å². The minimum absolute atomic E-state index is 0.0575. The molecule has 2 aromatic rings. The monoisotopic (exact) mass is 479 g/mol. The van der Waals surface area contributed by atoms with Crippen molar-refractivity contribution in [3.05, 3.63) is 60.7 Å². The summed E-state index contributed by atoms with van der Waals surface area (Å²) in [5.41, 5.74) is 1.11. The Kier molecular flexibility index (Phi) is 5.40. The molecular weight excluding hydrogens is 473 g/mol. The van der Waals surface area contributed by atoms with E-state index in [4.69, 9.17) is 5.11 Å². The Morgan fingerprint density at radius 1 is 1.14 bits per heavy atom. The van der Waals surface area contributed by atoms with Gasteiger partial charge in [-0.3, -0.25) is 0 Å². The Bertz CT molecular complexity index is 684. The zero-order chi connectivity index (χ0) is 15.6. The number of carboxylic acids is 1. The second kappa shape index (κ2) is 6.89. The van der Waals surface area contributed by atoms with Gasteiger partial charge in [-0.2, -0.15) is 0 Å². The summed E-state index contributed by atoms with van der Waals surface area (Å²) in [7, 11) is 0. The van der Waals surface area contributed by atoms with Gasteiger partial charge in [0.15, 0.2) is 0 Å². The highest BCUT2D eigenvalue weighted by atomic mass is 79.9. The van der Waals surface area contributed by atoms with E-state index in [0.29, 0.717) is 0 Å². The maximum absolute atomic E-state index is 13.7. The summed E-state index contributed by atoms with van der Waals surface area (Å²) in [4.78, 5) is 10.9. The van der Waals surface area contributed by atoms with Crippen molar-refractivity contribution in [3.8, 4) is 0 Å². The van der Waals surface area contributed by atoms with Crippen molar-refractivity contribution >= 4 is 59.4 Å². The van der Waals surface area contributed by atoms with E-state index in [0.717, 1.165) is 25.2 Å². The number of hydrogen-bond acceptors (Lipinski definition) is 2. The van der Waals surface area contributed by atoms with E-state index >= 15 is 0 Å². The van der Waals surface area contributed by atoms with Gasteiger partial charge in [-0.05, 0) is 62.2 Å². The maximum atomic E-state index is 13.7. The van der Waals surface area contributed by atoms with E-state index in [1.807, 2.05) is 12.1 Å². The number of aromatic carboxylic acids is 1. The molecule has 2 rings (SSSR count). The molecule has 0 saturated heterocycles. The van der Waals surface area contributed by atoms with Crippen LogP contribution in [0.3, 0.4) is 0 Å². The molecule has 0 aliphatic rings. The van der Waals surface area contributed by atoms with Crippen LogP contribution in [-0.4, -0.2) is 11.1 Å². The molecule has 110 valence electrons. The molecule has 0 aliphatic heterocycles. The van der Waals surface area contributed by atoms with Gasteiger partial charge >= 0.3 is 5.97 Å². The topological polar surface area (TPSA) is 49.3 Å². The van der Waals surface area contributed by atoms with Crippen LogP contribution in [0.25, 0.3) is 0 Å². The largest absolute Gasteiger partial charge is 0.478 e. The van der Waals surface area contributed by atoms with E-state index in [9.17, 15) is 9.18 Å². The molecule has 0 unspecified atom stereocenters. The molecule has 0 aliphatic carbocycles. The van der Waals surface area contributed by atoms with Crippen LogP contribution in [0.5, 0.6) is 0 Å². The van der Waals surface area contributed by atoms with Crippen molar-refractivity contribution in [2.45, 2.75) is 6.54 Å². The van der Waals surface area contributed by atoms with Gasteiger partial charge in [0.05, 0.1) is 11.3 Å². The summed E-state index contributed by atoms with van der Waals surface area (Å²) in [5, 5.41) is 12.0. The van der Waals surface area contributed by atoms with Gasteiger partial charge in [0, 0.05) is 25.5 Å². The van der Waals surface area contributed by atoms with Gasteiger partial charge in [-0.1, -0.05) is 15.9 Å². The standard InChI is InChI=1S/C14H9Br3FNO2/c15-9-4-10(16)13(11(17)5-9)19-6-8-3-7(14(20)21)1-2-12(8)18/h1-5,19H,6H2,(H,20,21). The lowest BCUT2D eigenvalue weighted by Gasteiger charge is -2.12. The first kappa shape index (κ1) is 16.5. The second-order valence-corrected chi connectivity index (χ2v) is 6.83. The predicted molar refractivity (Wildman–Crippen MR) is 90.2 cm³/mol. The molecule has 21 heavy (non-hydrogen) atoms. The normalized spacial score (nSPS) is 10.5. The molecule has 0 bridgehead atoms. The van der Waals surface area contributed by atoms with Crippen LogP contribution >= 0.6 is 47.8 Å². The molecular formula is C14H9Br3FNO2. The Labute approximate surface area is 145 Å². The second-order valence-electron chi connectivity index (χ2n) is 4.21. The first-order valence-electron chi connectivity index (χ1n) is 5.78. The number of carboxylic acid groups (broad SMARTS) is 1. The number of rotatable bonds is 4. The smallest absolute Gasteiger partial charge is 0.335 e. The molecule has 2 aromatic carbocycles. The van der Waals surface area contributed by atoms with Crippen LogP contribution in [0.15, 0.2) is 43.7 Å². The third-order valence-electron chi connectivity index (χ3n) is 2.76. The number of hydrogen-bond donors (Lipinski definition) is 2. The van der Waals surface area contributed by atoms with Gasteiger partial charge < -0.3 is 10.4 Å². The average molecular weight is 482 g/mol. The van der Waals surface area contributed by atoms with Crippen LogP contribution < -0.4 is 5.32 Å². The van der Waals surface area contributed by atoms with Crippen molar-refractivity contribution in [1.82, 2.24) is 0 Å². The van der Waals surface area contributed by atoms with Crippen LogP contribution in [0.1, 0.15) is 15.9 Å². The summed E-state index contributed by atoms with van der Waals surface area (Å²) >= 11 is 10.2. The quantitative estimate of drug-likeness (QED) is 0.612. The van der Waals surface area contributed by atoms with Crippen LogP contribution in [-0.2, 0) is 6.54 Å². The van der Waals surface area contributed by atoms with E-state index < -0.39 is 11.8 Å². The highest BCUT2D eigenvalue weighted by molar-refractivity contribution is 9.11. The summed E-state index contributed by atoms with van der Waals surface area (Å²) < 4.78 is 16.2. The number of carbonyl (C=O) groups is 1. The van der Waals surface area contributed by atoms with E-state index in [1.165, 1.54) is 12.1 Å². The third-order valence-corrected chi connectivity index (χ3v) is 4.46. The third kappa shape index (κ3) is 4.05. The minimum Gasteiger partial charge on any atom is -0.478 e. The fourth-order valence-corrected chi connectivity index (χ4v) is 4.28. The first-order chi connectivity index (χ1) is 9.88. The lowest BCUT2D eigenvalue weighted by atomic mass is 10.1. The molecule has 0 aromatic heterocycles. The number of nitrogens with one attached hydrogen (secondary N) is 1. The molecule has 3 nitrogen and oxygen atoms in total. The molecule has 0 radical (unpaired) electrons. The van der Waals surface area contributed by atoms with Gasteiger partial charge in [0.25, 0.3) is 0 Å². The highest BCUT2D eigenvalue weighted by Gasteiger charge is 2.11. The molecule has 0 spiro atoms. The summed E-state index contributed by atoms with van der Waals surface area (Å²) in [5.74, 6) is -1.53. The summed E-state index contributed by atoms with van der Waals surface area (Å²) in [6, 6.07) is 7.44. The van der Waals surface area contributed by atoms with E-state index in [-0.39, 0.29) is 17.7 Å². The van der Waals surface area contributed by atoms with Gasteiger partial charge in [0.1, 0.15) is 5.82 Å². The number of anilines is 1. The maximum Gasteiger partial charge on any atom is 0.335 e. The van der Waals surface area contributed by atoms with Crippen molar-refractivity contribution in [3.63, 3.8) is 0 Å². The van der Waals surface area contributed by atoms with Crippen LogP contribution in [0.2, 0.25) is 0 Å². The van der Waals surface area contributed by atoms with Gasteiger partial charge in [-0.15, -0.1) is 0 Å². The van der Waals surface area contributed by atoms with Crippen molar-refractivity contribution in [2.24, 2.45) is 0 Å². The molecule has 0 heterocycles. The molecule has 0 saturated carbocycles.